The van der Waals surface area contributed by atoms with Gasteiger partial charge < -0.3 is 15.3 Å². The van der Waals surface area contributed by atoms with Gasteiger partial charge >= 0.3 is 0 Å². The number of furan rings is 1. The zero-order chi connectivity index (χ0) is 14.0. The van der Waals surface area contributed by atoms with Crippen molar-refractivity contribution in [2.75, 3.05) is 13.6 Å². The molecule has 1 saturated carbocycles. The summed E-state index contributed by atoms with van der Waals surface area (Å²) in [6.45, 7) is 4.57. The van der Waals surface area contributed by atoms with Crippen LogP contribution in [0.5, 0.6) is 0 Å². The smallest absolute Gasteiger partial charge is 0.122 e. The Labute approximate surface area is 115 Å². The predicted octanol–water partition coefficient (Wildman–Crippen LogP) is 2.21. The fourth-order valence-electron chi connectivity index (χ4n) is 3.24. The summed E-state index contributed by atoms with van der Waals surface area (Å²) in [6, 6.07) is 3.92. The van der Waals surface area contributed by atoms with Crippen molar-refractivity contribution in [2.45, 2.75) is 57.2 Å². The van der Waals surface area contributed by atoms with Gasteiger partial charge in [-0.3, -0.25) is 4.90 Å². The van der Waals surface area contributed by atoms with Crippen LogP contribution in [0.2, 0.25) is 0 Å². The SMILES string of the molecule is Cc1ccc(C(C(C)N)N(C)CC2(O)CCCC2)o1. The number of hydrogen-bond donors (Lipinski definition) is 2. The first-order valence-corrected chi connectivity index (χ1v) is 7.16. The number of rotatable bonds is 5. The van der Waals surface area contributed by atoms with Crippen molar-refractivity contribution < 1.29 is 9.52 Å². The van der Waals surface area contributed by atoms with E-state index in [1.165, 1.54) is 0 Å². The van der Waals surface area contributed by atoms with Crippen LogP contribution in [-0.2, 0) is 0 Å². The Kier molecular flexibility index (Phi) is 4.33. The number of nitrogens with two attached hydrogens (primary N) is 1. The summed E-state index contributed by atoms with van der Waals surface area (Å²) < 4.78 is 5.72. The van der Waals surface area contributed by atoms with Crippen molar-refractivity contribution in [1.82, 2.24) is 4.90 Å². The van der Waals surface area contributed by atoms with Gasteiger partial charge in [-0.05, 0) is 45.9 Å². The Morgan fingerprint density at radius 2 is 2.05 bits per heavy atom. The quantitative estimate of drug-likeness (QED) is 0.857. The largest absolute Gasteiger partial charge is 0.465 e. The van der Waals surface area contributed by atoms with Crippen LogP contribution in [0.4, 0.5) is 0 Å². The normalized spacial score (nSPS) is 21.8. The second kappa shape index (κ2) is 5.65. The standard InChI is InChI=1S/C15H26N2O2/c1-11-6-7-13(19-11)14(12(2)16)17(3)10-15(18)8-4-5-9-15/h6-7,12,14,18H,4-5,8-10,16H2,1-3H3. The number of likely N-dealkylation sites (N-methyl/N-ethyl adjacent to an activating group) is 1. The lowest BCUT2D eigenvalue weighted by molar-refractivity contribution is -0.000243. The van der Waals surface area contributed by atoms with Crippen LogP contribution >= 0.6 is 0 Å². The second-order valence-corrected chi connectivity index (χ2v) is 6.10. The average Bonchev–Trinajstić information content (AvgIpc) is 2.88. The summed E-state index contributed by atoms with van der Waals surface area (Å²) in [7, 11) is 2.02. The van der Waals surface area contributed by atoms with E-state index in [2.05, 4.69) is 4.90 Å². The third-order valence-electron chi connectivity index (χ3n) is 4.10. The van der Waals surface area contributed by atoms with E-state index in [0.717, 1.165) is 37.2 Å². The lowest BCUT2D eigenvalue weighted by atomic mass is 9.99. The lowest BCUT2D eigenvalue weighted by Crippen LogP contribution is -2.45. The van der Waals surface area contributed by atoms with Crippen molar-refractivity contribution in [3.05, 3.63) is 23.7 Å². The Morgan fingerprint density at radius 3 is 2.53 bits per heavy atom. The maximum Gasteiger partial charge on any atom is 0.122 e. The molecule has 0 aromatic carbocycles. The summed E-state index contributed by atoms with van der Waals surface area (Å²) in [5.41, 5.74) is 5.56. The van der Waals surface area contributed by atoms with Crippen LogP contribution in [0.25, 0.3) is 0 Å². The maximum absolute atomic E-state index is 10.5. The summed E-state index contributed by atoms with van der Waals surface area (Å²) in [4.78, 5) is 2.13. The Hall–Kier alpha value is -0.840. The molecule has 1 aliphatic rings. The minimum atomic E-state index is -0.552. The van der Waals surface area contributed by atoms with Gasteiger partial charge in [-0.1, -0.05) is 12.8 Å². The van der Waals surface area contributed by atoms with Gasteiger partial charge in [-0.25, -0.2) is 0 Å². The van der Waals surface area contributed by atoms with Crippen LogP contribution in [0, 0.1) is 6.92 Å². The first-order chi connectivity index (χ1) is 8.91. The van der Waals surface area contributed by atoms with E-state index < -0.39 is 5.60 Å². The highest BCUT2D eigenvalue weighted by molar-refractivity contribution is 5.12. The van der Waals surface area contributed by atoms with E-state index in [9.17, 15) is 5.11 Å². The molecule has 4 nitrogen and oxygen atoms in total. The van der Waals surface area contributed by atoms with E-state index >= 15 is 0 Å². The summed E-state index contributed by atoms with van der Waals surface area (Å²) >= 11 is 0. The molecule has 0 saturated heterocycles. The third-order valence-corrected chi connectivity index (χ3v) is 4.10. The first kappa shape index (κ1) is 14.6. The van der Waals surface area contributed by atoms with E-state index in [0.29, 0.717) is 6.54 Å². The molecule has 108 valence electrons. The molecule has 1 heterocycles. The molecule has 4 heteroatoms. The monoisotopic (exact) mass is 266 g/mol. The highest BCUT2D eigenvalue weighted by Gasteiger charge is 2.35. The molecule has 19 heavy (non-hydrogen) atoms. The van der Waals surface area contributed by atoms with Crippen molar-refractivity contribution in [3.63, 3.8) is 0 Å². The molecular formula is C15H26N2O2. The fourth-order valence-corrected chi connectivity index (χ4v) is 3.24. The molecule has 3 N–H and O–H groups in total. The second-order valence-electron chi connectivity index (χ2n) is 6.10. The van der Waals surface area contributed by atoms with Crippen LogP contribution in [0.15, 0.2) is 16.5 Å². The Morgan fingerprint density at radius 1 is 1.42 bits per heavy atom. The summed E-state index contributed by atoms with van der Waals surface area (Å²) in [5.74, 6) is 1.78. The van der Waals surface area contributed by atoms with Crippen LogP contribution in [0.3, 0.4) is 0 Å². The van der Waals surface area contributed by atoms with E-state index in [1.807, 2.05) is 33.0 Å². The maximum atomic E-state index is 10.5. The van der Waals surface area contributed by atoms with Gasteiger partial charge in [0.25, 0.3) is 0 Å². The summed E-state index contributed by atoms with van der Waals surface area (Å²) in [6.07, 6.45) is 4.01. The van der Waals surface area contributed by atoms with Gasteiger partial charge in [0.05, 0.1) is 11.6 Å². The summed E-state index contributed by atoms with van der Waals surface area (Å²) in [5, 5.41) is 10.5. The van der Waals surface area contributed by atoms with Crippen LogP contribution < -0.4 is 5.73 Å². The number of aryl methyl sites for hydroxylation is 1. The molecule has 1 fully saturated rings. The molecule has 0 spiro atoms. The minimum absolute atomic E-state index is 0.0123. The number of nitrogens with zero attached hydrogens (tertiary/aromatic N) is 1. The fraction of sp³-hybridized carbons (Fsp3) is 0.733. The third kappa shape index (κ3) is 3.38. The molecule has 0 bridgehead atoms. The zero-order valence-corrected chi connectivity index (χ0v) is 12.2. The molecule has 2 atom stereocenters. The zero-order valence-electron chi connectivity index (χ0n) is 12.2. The highest BCUT2D eigenvalue weighted by atomic mass is 16.3. The minimum Gasteiger partial charge on any atom is -0.465 e. The van der Waals surface area contributed by atoms with Gasteiger partial charge in [0.2, 0.25) is 0 Å². The lowest BCUT2D eigenvalue weighted by Gasteiger charge is -2.35. The molecule has 2 unspecified atom stereocenters. The first-order valence-electron chi connectivity index (χ1n) is 7.16. The Bertz CT molecular complexity index is 408. The molecule has 0 amide bonds. The van der Waals surface area contributed by atoms with Gasteiger partial charge in [0.1, 0.15) is 11.5 Å². The molecule has 2 rings (SSSR count). The molecule has 1 aliphatic carbocycles. The predicted molar refractivity (Wildman–Crippen MR) is 75.9 cm³/mol. The van der Waals surface area contributed by atoms with Crippen molar-refractivity contribution in [1.29, 1.82) is 0 Å². The topological polar surface area (TPSA) is 62.6 Å². The Balaban J connectivity index is 2.10. The van der Waals surface area contributed by atoms with E-state index in [-0.39, 0.29) is 12.1 Å². The van der Waals surface area contributed by atoms with Gasteiger partial charge in [-0.2, -0.15) is 0 Å². The molecule has 0 aliphatic heterocycles. The van der Waals surface area contributed by atoms with Crippen LogP contribution in [-0.4, -0.2) is 35.2 Å². The van der Waals surface area contributed by atoms with E-state index in [4.69, 9.17) is 10.2 Å². The highest BCUT2D eigenvalue weighted by Crippen LogP contribution is 2.33. The van der Waals surface area contributed by atoms with Crippen molar-refractivity contribution >= 4 is 0 Å². The van der Waals surface area contributed by atoms with Crippen molar-refractivity contribution in [2.24, 2.45) is 5.73 Å². The van der Waals surface area contributed by atoms with Crippen LogP contribution in [0.1, 0.15) is 50.2 Å². The van der Waals surface area contributed by atoms with Gasteiger partial charge in [-0.15, -0.1) is 0 Å². The number of hydrogen-bond acceptors (Lipinski definition) is 4. The van der Waals surface area contributed by atoms with Crippen molar-refractivity contribution in [3.8, 4) is 0 Å². The molecule has 0 radical (unpaired) electrons. The average molecular weight is 266 g/mol. The molecule has 1 aromatic rings. The van der Waals surface area contributed by atoms with E-state index in [1.54, 1.807) is 0 Å². The number of aliphatic hydroxyl groups is 1. The van der Waals surface area contributed by atoms with Gasteiger partial charge in [0.15, 0.2) is 0 Å². The molecular weight excluding hydrogens is 240 g/mol. The van der Waals surface area contributed by atoms with Gasteiger partial charge in [0, 0.05) is 12.6 Å². The molecule has 1 aromatic heterocycles.